The Labute approximate surface area is 186 Å². The van der Waals surface area contributed by atoms with E-state index in [2.05, 4.69) is 16.7 Å². The highest BCUT2D eigenvalue weighted by Gasteiger charge is 2.42. The molecule has 3 heterocycles. The summed E-state index contributed by atoms with van der Waals surface area (Å²) in [7, 11) is 1.77. The van der Waals surface area contributed by atoms with E-state index in [1.807, 2.05) is 6.92 Å². The lowest BCUT2D eigenvalue weighted by molar-refractivity contribution is 0.0214. The van der Waals surface area contributed by atoms with Crippen molar-refractivity contribution in [3.05, 3.63) is 32.9 Å². The number of nitrogens with zero attached hydrogens (tertiary/aromatic N) is 3. The van der Waals surface area contributed by atoms with Gasteiger partial charge in [0.05, 0.1) is 15.4 Å². The van der Waals surface area contributed by atoms with Gasteiger partial charge in [-0.3, -0.25) is 0 Å². The molecular weight excluding hydrogens is 454 g/mol. The molecule has 2 aromatic heterocycles. The summed E-state index contributed by atoms with van der Waals surface area (Å²) in [5.74, 6) is -3.96. The van der Waals surface area contributed by atoms with Gasteiger partial charge in [0.25, 0.3) is 11.8 Å². The minimum atomic E-state index is -2.97. The van der Waals surface area contributed by atoms with E-state index >= 15 is 0 Å². The lowest BCUT2D eigenvalue weighted by Crippen LogP contribution is -2.10. The third-order valence-electron chi connectivity index (χ3n) is 4.87. The van der Waals surface area contributed by atoms with Gasteiger partial charge in [0, 0.05) is 30.7 Å². The maximum Gasteiger partial charge on any atom is 0.279 e. The molecule has 2 aromatic rings. The third-order valence-corrected chi connectivity index (χ3v) is 9.24. The van der Waals surface area contributed by atoms with Crippen LogP contribution in [0.2, 0.25) is 0 Å². The number of aromatic nitrogens is 2. The topological polar surface area (TPSA) is 30.2 Å². The lowest BCUT2D eigenvalue weighted by atomic mass is 10.1. The number of halogens is 4. The number of fused-ring (bicyclic) bond motifs is 1. The number of alkyl halides is 4. The maximum atomic E-state index is 13.8. The van der Waals surface area contributed by atoms with Gasteiger partial charge in [0.1, 0.15) is 11.5 Å². The van der Waals surface area contributed by atoms with Gasteiger partial charge in [0.2, 0.25) is 0 Å². The molecular formula is C20H23F4N3S3. The number of hydrogen-bond donors (Lipinski definition) is 0. The Kier molecular flexibility index (Phi) is 6.51. The van der Waals surface area contributed by atoms with Crippen LogP contribution in [0, 0.1) is 0 Å². The summed E-state index contributed by atoms with van der Waals surface area (Å²) in [6, 6.07) is 1.56. The zero-order chi connectivity index (χ0) is 22.4. The molecule has 0 fully saturated rings. The predicted octanol–water partition coefficient (Wildman–Crippen LogP) is 7.63. The average Bonchev–Trinajstić information content (AvgIpc) is 3.26. The molecule has 0 bridgehead atoms. The molecule has 2 atom stereocenters. The molecule has 2 unspecified atom stereocenters. The Balaban J connectivity index is 2.04. The normalized spacial score (nSPS) is 20.0. The van der Waals surface area contributed by atoms with Crippen molar-refractivity contribution < 1.29 is 17.6 Å². The Morgan fingerprint density at radius 1 is 1.37 bits per heavy atom. The number of allylic oxidation sites excluding steroid dienone is 1. The summed E-state index contributed by atoms with van der Waals surface area (Å²) in [5, 5.41) is -0.189. The summed E-state index contributed by atoms with van der Waals surface area (Å²) in [5.41, 5.74) is 0.211. The maximum absolute atomic E-state index is 13.8. The van der Waals surface area contributed by atoms with Gasteiger partial charge >= 0.3 is 0 Å². The van der Waals surface area contributed by atoms with E-state index < -0.39 is 11.8 Å². The molecule has 0 spiro atoms. The fourth-order valence-electron chi connectivity index (χ4n) is 3.16. The van der Waals surface area contributed by atoms with Crippen molar-refractivity contribution in [1.82, 2.24) is 9.55 Å². The van der Waals surface area contributed by atoms with Crippen molar-refractivity contribution >= 4 is 53.5 Å². The van der Waals surface area contributed by atoms with Gasteiger partial charge < -0.3 is 4.57 Å². The van der Waals surface area contributed by atoms with Crippen LogP contribution in [-0.4, -0.2) is 27.9 Å². The van der Waals surface area contributed by atoms with Crippen molar-refractivity contribution in [1.29, 1.82) is 0 Å². The van der Waals surface area contributed by atoms with Crippen LogP contribution in [0.15, 0.2) is 21.5 Å². The van der Waals surface area contributed by atoms with Crippen LogP contribution in [-0.2, 0) is 13.0 Å². The molecule has 3 rings (SSSR count). The van der Waals surface area contributed by atoms with E-state index in [4.69, 9.17) is 0 Å². The van der Waals surface area contributed by atoms with Crippen molar-refractivity contribution in [2.24, 2.45) is 12.0 Å². The zero-order valence-corrected chi connectivity index (χ0v) is 19.8. The molecule has 3 nitrogen and oxygen atoms in total. The lowest BCUT2D eigenvalue weighted by Gasteiger charge is -2.18. The Morgan fingerprint density at radius 3 is 2.57 bits per heavy atom. The van der Waals surface area contributed by atoms with Crippen molar-refractivity contribution in [3.8, 4) is 0 Å². The molecule has 30 heavy (non-hydrogen) atoms. The Hall–Kier alpha value is -1.26. The molecule has 0 radical (unpaired) electrons. The monoisotopic (exact) mass is 477 g/mol. The second kappa shape index (κ2) is 8.35. The molecule has 1 aliphatic heterocycles. The summed E-state index contributed by atoms with van der Waals surface area (Å²) in [6.45, 7) is 8.68. The largest absolute Gasteiger partial charge is 0.315 e. The van der Waals surface area contributed by atoms with Gasteiger partial charge in [-0.15, -0.1) is 23.1 Å². The molecule has 0 amide bonds. The Morgan fingerprint density at radius 2 is 2.03 bits per heavy atom. The first-order chi connectivity index (χ1) is 13.9. The first-order valence-electron chi connectivity index (χ1n) is 9.28. The summed E-state index contributed by atoms with van der Waals surface area (Å²) < 4.78 is 56.7. The van der Waals surface area contributed by atoms with Gasteiger partial charge in [-0.2, -0.15) is 11.8 Å². The smallest absolute Gasteiger partial charge is 0.279 e. The van der Waals surface area contributed by atoms with E-state index in [0.717, 1.165) is 40.7 Å². The minimum absolute atomic E-state index is 0.0536. The minimum Gasteiger partial charge on any atom is -0.315 e. The molecule has 1 aliphatic rings. The van der Waals surface area contributed by atoms with Crippen LogP contribution < -0.4 is 0 Å². The molecule has 10 heteroatoms. The number of rotatable bonds is 7. The fourth-order valence-corrected chi connectivity index (χ4v) is 7.63. The number of aliphatic imine (C=N–C) groups is 1. The van der Waals surface area contributed by atoms with Crippen LogP contribution in [0.5, 0.6) is 0 Å². The van der Waals surface area contributed by atoms with Crippen LogP contribution >= 0.6 is 34.9 Å². The van der Waals surface area contributed by atoms with Gasteiger partial charge in [-0.25, -0.2) is 27.5 Å². The standard InChI is InChI=1S/C20H23F4N3S3/c1-7-28-15-14-12(9-13(30-14)20(4,23)24)29-16(15)18-26-11(17(25-5)27(18)6)8-10(2)19(3,21)22/h8-9,15-16H,5,7H2,1-4,6H3/b10-8+. The van der Waals surface area contributed by atoms with Gasteiger partial charge in [0.15, 0.2) is 5.82 Å². The first kappa shape index (κ1) is 23.4. The second-order valence-electron chi connectivity index (χ2n) is 7.25. The predicted molar refractivity (Wildman–Crippen MR) is 120 cm³/mol. The van der Waals surface area contributed by atoms with E-state index in [1.165, 1.54) is 24.8 Å². The number of hydrogen-bond acceptors (Lipinski definition) is 5. The highest BCUT2D eigenvalue weighted by atomic mass is 32.2. The summed E-state index contributed by atoms with van der Waals surface area (Å²) in [4.78, 5) is 10.4. The average molecular weight is 478 g/mol. The van der Waals surface area contributed by atoms with Crippen molar-refractivity contribution in [2.75, 3.05) is 5.75 Å². The van der Waals surface area contributed by atoms with Crippen molar-refractivity contribution in [2.45, 2.75) is 54.9 Å². The van der Waals surface area contributed by atoms with Crippen molar-refractivity contribution in [3.63, 3.8) is 0 Å². The molecule has 0 saturated heterocycles. The highest BCUT2D eigenvalue weighted by Crippen LogP contribution is 2.62. The SMILES string of the molecule is C=Nc1c(/C=C(\C)C(C)(F)F)nc(C2Sc3cc(C(C)(F)F)sc3C2SCC)n1C. The summed E-state index contributed by atoms with van der Waals surface area (Å²) in [6.07, 6.45) is 1.33. The molecule has 164 valence electrons. The van der Waals surface area contributed by atoms with E-state index in [1.54, 1.807) is 29.4 Å². The Bertz CT molecular complexity index is 983. The second-order valence-corrected chi connectivity index (χ2v) is 10.9. The highest BCUT2D eigenvalue weighted by molar-refractivity contribution is 8.04. The van der Waals surface area contributed by atoms with Gasteiger partial charge in [-0.1, -0.05) is 6.92 Å². The van der Waals surface area contributed by atoms with Gasteiger partial charge in [-0.05, 0) is 37.1 Å². The van der Waals surface area contributed by atoms with E-state index in [9.17, 15) is 17.6 Å². The fraction of sp³-hybridized carbons (Fsp3) is 0.500. The number of imidazole rings is 1. The molecule has 0 aliphatic carbocycles. The first-order valence-corrected chi connectivity index (χ1v) is 12.0. The molecule has 0 aromatic carbocycles. The molecule has 0 N–H and O–H groups in total. The number of thiophene rings is 1. The number of thioether (sulfide) groups is 2. The third kappa shape index (κ3) is 4.36. The van der Waals surface area contributed by atoms with Crippen LogP contribution in [0.4, 0.5) is 23.4 Å². The van der Waals surface area contributed by atoms with E-state index in [-0.39, 0.29) is 21.0 Å². The van der Waals surface area contributed by atoms with Crippen LogP contribution in [0.3, 0.4) is 0 Å². The zero-order valence-electron chi connectivity index (χ0n) is 17.3. The summed E-state index contributed by atoms with van der Waals surface area (Å²) >= 11 is 4.29. The van der Waals surface area contributed by atoms with Crippen LogP contribution in [0.1, 0.15) is 59.5 Å². The molecule has 0 saturated carbocycles. The van der Waals surface area contributed by atoms with E-state index in [0.29, 0.717) is 17.3 Å². The van der Waals surface area contributed by atoms with Crippen LogP contribution in [0.25, 0.3) is 6.08 Å². The quantitative estimate of drug-likeness (QED) is 0.303.